The largest absolute Gasteiger partial charge is 0.477 e. The molecule has 0 radical (unpaired) electrons. The number of carboxylic acids is 1. The SMILES string of the molecule is Cc1sc(C(=O)O)cc1Cn1ccnc1-c1cccs1. The van der Waals surface area contributed by atoms with Crippen molar-refractivity contribution in [3.05, 3.63) is 51.3 Å². The molecule has 0 saturated carbocycles. The monoisotopic (exact) mass is 304 g/mol. The van der Waals surface area contributed by atoms with Gasteiger partial charge in [0.15, 0.2) is 0 Å². The van der Waals surface area contributed by atoms with Gasteiger partial charge in [0.2, 0.25) is 0 Å². The zero-order chi connectivity index (χ0) is 14.1. The standard InChI is InChI=1S/C14H12N2O2S2/c1-9-10(7-12(20-9)14(17)18)8-16-5-4-15-13(16)11-3-2-6-19-11/h2-7H,8H2,1H3,(H,17,18). The van der Waals surface area contributed by atoms with Crippen molar-refractivity contribution < 1.29 is 9.90 Å². The lowest BCUT2D eigenvalue weighted by molar-refractivity contribution is 0.0702. The number of imidazole rings is 1. The number of rotatable bonds is 4. The Morgan fingerprint density at radius 3 is 3.00 bits per heavy atom. The second-order valence-electron chi connectivity index (χ2n) is 4.35. The third kappa shape index (κ3) is 2.39. The molecule has 0 saturated heterocycles. The Bertz CT molecular complexity index is 741. The Balaban J connectivity index is 1.93. The second-order valence-corrected chi connectivity index (χ2v) is 6.56. The van der Waals surface area contributed by atoms with Gasteiger partial charge in [-0.2, -0.15) is 0 Å². The highest BCUT2D eigenvalue weighted by molar-refractivity contribution is 7.14. The molecule has 0 unspecified atom stereocenters. The molecule has 0 aromatic carbocycles. The van der Waals surface area contributed by atoms with E-state index in [4.69, 9.17) is 5.11 Å². The maximum atomic E-state index is 11.0. The van der Waals surface area contributed by atoms with Gasteiger partial charge in [-0.3, -0.25) is 0 Å². The summed E-state index contributed by atoms with van der Waals surface area (Å²) in [6, 6.07) is 5.78. The van der Waals surface area contributed by atoms with Crippen LogP contribution >= 0.6 is 22.7 Å². The van der Waals surface area contributed by atoms with Crippen LogP contribution in [0.1, 0.15) is 20.1 Å². The summed E-state index contributed by atoms with van der Waals surface area (Å²) < 4.78 is 2.05. The number of carbonyl (C=O) groups is 1. The molecule has 1 N–H and O–H groups in total. The summed E-state index contributed by atoms with van der Waals surface area (Å²) >= 11 is 2.96. The highest BCUT2D eigenvalue weighted by Crippen LogP contribution is 2.26. The average molecular weight is 304 g/mol. The fraction of sp³-hybridized carbons (Fsp3) is 0.143. The molecular formula is C14H12N2O2S2. The van der Waals surface area contributed by atoms with E-state index < -0.39 is 5.97 Å². The van der Waals surface area contributed by atoms with Crippen LogP contribution in [-0.4, -0.2) is 20.6 Å². The van der Waals surface area contributed by atoms with Crippen LogP contribution in [0.2, 0.25) is 0 Å². The van der Waals surface area contributed by atoms with Crippen molar-refractivity contribution in [2.24, 2.45) is 0 Å². The van der Waals surface area contributed by atoms with Gasteiger partial charge in [0.05, 0.1) is 11.4 Å². The highest BCUT2D eigenvalue weighted by atomic mass is 32.1. The molecule has 20 heavy (non-hydrogen) atoms. The molecule has 0 fully saturated rings. The summed E-state index contributed by atoms with van der Waals surface area (Å²) in [4.78, 5) is 17.9. The quantitative estimate of drug-likeness (QED) is 0.799. The van der Waals surface area contributed by atoms with Gasteiger partial charge in [-0.1, -0.05) is 6.07 Å². The van der Waals surface area contributed by atoms with E-state index in [0.29, 0.717) is 11.4 Å². The number of hydrogen-bond donors (Lipinski definition) is 1. The van der Waals surface area contributed by atoms with Gasteiger partial charge >= 0.3 is 5.97 Å². The summed E-state index contributed by atoms with van der Waals surface area (Å²) in [6.07, 6.45) is 3.70. The average Bonchev–Trinajstić information content (AvgIpc) is 3.11. The summed E-state index contributed by atoms with van der Waals surface area (Å²) in [5.41, 5.74) is 1.03. The Morgan fingerprint density at radius 1 is 1.50 bits per heavy atom. The fourth-order valence-electron chi connectivity index (χ4n) is 2.03. The first-order valence-corrected chi connectivity index (χ1v) is 7.72. The number of carboxylic acid groups (broad SMARTS) is 1. The van der Waals surface area contributed by atoms with E-state index in [1.165, 1.54) is 11.3 Å². The summed E-state index contributed by atoms with van der Waals surface area (Å²) in [6.45, 7) is 2.59. The van der Waals surface area contributed by atoms with Crippen LogP contribution in [0.15, 0.2) is 36.0 Å². The number of aryl methyl sites for hydroxylation is 1. The molecule has 0 atom stereocenters. The predicted molar refractivity (Wildman–Crippen MR) is 80.7 cm³/mol. The van der Waals surface area contributed by atoms with Gasteiger partial charge in [-0.25, -0.2) is 9.78 Å². The van der Waals surface area contributed by atoms with Crippen molar-refractivity contribution in [2.75, 3.05) is 0 Å². The van der Waals surface area contributed by atoms with Crippen molar-refractivity contribution >= 4 is 28.6 Å². The number of aromatic carboxylic acids is 1. The van der Waals surface area contributed by atoms with Gasteiger partial charge in [0.1, 0.15) is 10.7 Å². The summed E-state index contributed by atoms with van der Waals surface area (Å²) in [5.74, 6) is 0.0518. The van der Waals surface area contributed by atoms with Gasteiger partial charge in [-0.05, 0) is 30.0 Å². The van der Waals surface area contributed by atoms with Crippen molar-refractivity contribution in [1.82, 2.24) is 9.55 Å². The lowest BCUT2D eigenvalue weighted by atomic mass is 10.2. The number of thiophene rings is 2. The first-order valence-electron chi connectivity index (χ1n) is 6.03. The van der Waals surface area contributed by atoms with E-state index in [1.807, 2.05) is 35.2 Å². The molecule has 102 valence electrons. The van der Waals surface area contributed by atoms with Crippen LogP contribution in [0.5, 0.6) is 0 Å². The van der Waals surface area contributed by atoms with Crippen LogP contribution in [0.4, 0.5) is 0 Å². The minimum absolute atomic E-state index is 0.385. The van der Waals surface area contributed by atoms with Crippen molar-refractivity contribution in [2.45, 2.75) is 13.5 Å². The molecule has 0 spiro atoms. The third-order valence-corrected chi connectivity index (χ3v) is 4.98. The van der Waals surface area contributed by atoms with E-state index in [2.05, 4.69) is 4.98 Å². The molecule has 0 aliphatic carbocycles. The van der Waals surface area contributed by atoms with Gasteiger partial charge in [-0.15, -0.1) is 22.7 Å². The Kier molecular flexibility index (Phi) is 3.42. The molecule has 3 aromatic heterocycles. The maximum absolute atomic E-state index is 11.0. The Labute approximate surface area is 124 Å². The zero-order valence-electron chi connectivity index (χ0n) is 10.7. The highest BCUT2D eigenvalue weighted by Gasteiger charge is 2.13. The van der Waals surface area contributed by atoms with Crippen LogP contribution < -0.4 is 0 Å². The molecule has 0 amide bonds. The smallest absolute Gasteiger partial charge is 0.345 e. The Hall–Kier alpha value is -1.92. The molecule has 3 heterocycles. The molecule has 6 heteroatoms. The number of aromatic nitrogens is 2. The van der Waals surface area contributed by atoms with E-state index in [0.717, 1.165) is 21.1 Å². The van der Waals surface area contributed by atoms with Gasteiger partial charge in [0.25, 0.3) is 0 Å². The fourth-order valence-corrected chi connectivity index (χ4v) is 3.64. The summed E-state index contributed by atoms with van der Waals surface area (Å²) in [7, 11) is 0. The van der Waals surface area contributed by atoms with Crippen molar-refractivity contribution in [3.8, 4) is 10.7 Å². The van der Waals surface area contributed by atoms with Crippen molar-refractivity contribution in [1.29, 1.82) is 0 Å². The van der Waals surface area contributed by atoms with E-state index in [1.54, 1.807) is 23.6 Å². The van der Waals surface area contributed by atoms with Gasteiger partial charge < -0.3 is 9.67 Å². The van der Waals surface area contributed by atoms with Crippen LogP contribution in [-0.2, 0) is 6.54 Å². The second kappa shape index (κ2) is 5.22. The summed E-state index contributed by atoms with van der Waals surface area (Å²) in [5, 5.41) is 11.1. The normalized spacial score (nSPS) is 10.8. The Morgan fingerprint density at radius 2 is 2.35 bits per heavy atom. The molecule has 0 aliphatic heterocycles. The van der Waals surface area contributed by atoms with Crippen LogP contribution in [0, 0.1) is 6.92 Å². The first kappa shape index (κ1) is 13.1. The van der Waals surface area contributed by atoms with Crippen LogP contribution in [0.3, 0.4) is 0 Å². The van der Waals surface area contributed by atoms with E-state index in [9.17, 15) is 4.79 Å². The molecule has 3 rings (SSSR count). The molecule has 3 aromatic rings. The lowest BCUT2D eigenvalue weighted by Gasteiger charge is -2.06. The number of nitrogens with zero attached hydrogens (tertiary/aromatic N) is 2. The predicted octanol–water partition coefficient (Wildman–Crippen LogP) is 3.73. The number of hydrogen-bond acceptors (Lipinski definition) is 4. The molecule has 4 nitrogen and oxygen atoms in total. The lowest BCUT2D eigenvalue weighted by Crippen LogP contribution is -2.00. The zero-order valence-corrected chi connectivity index (χ0v) is 12.4. The molecular weight excluding hydrogens is 292 g/mol. The van der Waals surface area contributed by atoms with Crippen LogP contribution in [0.25, 0.3) is 10.7 Å². The maximum Gasteiger partial charge on any atom is 0.345 e. The van der Waals surface area contributed by atoms with E-state index in [-0.39, 0.29) is 0 Å². The molecule has 0 aliphatic rings. The topological polar surface area (TPSA) is 55.1 Å². The third-order valence-electron chi connectivity index (χ3n) is 3.03. The van der Waals surface area contributed by atoms with Crippen molar-refractivity contribution in [3.63, 3.8) is 0 Å². The van der Waals surface area contributed by atoms with Gasteiger partial charge in [0, 0.05) is 17.3 Å². The minimum atomic E-state index is -0.867. The van der Waals surface area contributed by atoms with E-state index >= 15 is 0 Å². The minimum Gasteiger partial charge on any atom is -0.477 e. The molecule has 0 bridgehead atoms. The first-order chi connectivity index (χ1) is 9.65.